The number of carbonyl (C=O) groups excluding carboxylic acids is 2. The summed E-state index contributed by atoms with van der Waals surface area (Å²) in [5.74, 6) is 0.622. The number of urea groups is 2. The van der Waals surface area contributed by atoms with Gasteiger partial charge in [-0.2, -0.15) is 0 Å². The zero-order valence-corrected chi connectivity index (χ0v) is 23.0. The number of morpholine rings is 1. The molecule has 3 aliphatic rings. The molecule has 3 fully saturated rings. The number of amides is 4. The van der Waals surface area contributed by atoms with E-state index in [1.807, 2.05) is 17.0 Å². The van der Waals surface area contributed by atoms with Gasteiger partial charge in [-0.25, -0.2) is 14.0 Å². The quantitative estimate of drug-likeness (QED) is 0.536. The van der Waals surface area contributed by atoms with Gasteiger partial charge in [-0.3, -0.25) is 4.90 Å². The third-order valence-corrected chi connectivity index (χ3v) is 8.08. The normalized spacial score (nSPS) is 25.1. The highest BCUT2D eigenvalue weighted by atomic mass is 19.1. The van der Waals surface area contributed by atoms with Crippen molar-refractivity contribution in [3.8, 4) is 0 Å². The lowest BCUT2D eigenvalue weighted by atomic mass is 9.87. The Hall–Kier alpha value is -2.43. The summed E-state index contributed by atoms with van der Waals surface area (Å²) in [6.07, 6.45) is 4.14. The average Bonchev–Trinajstić information content (AvgIpc) is 2.91. The fraction of sp³-hybridized carbons (Fsp3) is 0.714. The lowest BCUT2D eigenvalue weighted by Gasteiger charge is -2.43. The first-order valence-electron chi connectivity index (χ1n) is 14.1. The number of carbonyl (C=O) groups is 2. The van der Waals surface area contributed by atoms with Gasteiger partial charge in [0.05, 0.1) is 19.3 Å². The highest BCUT2D eigenvalue weighted by molar-refractivity contribution is 5.75. The van der Waals surface area contributed by atoms with Crippen LogP contribution in [0, 0.1) is 17.7 Å². The third kappa shape index (κ3) is 8.54. The second kappa shape index (κ2) is 14.1. The van der Waals surface area contributed by atoms with Crippen LogP contribution in [-0.4, -0.2) is 124 Å². The molecule has 1 aromatic carbocycles. The van der Waals surface area contributed by atoms with Crippen molar-refractivity contribution < 1.29 is 18.7 Å². The molecule has 3 saturated heterocycles. The molecule has 0 unspecified atom stereocenters. The largest absolute Gasteiger partial charge is 0.379 e. The Morgan fingerprint density at radius 1 is 1.03 bits per heavy atom. The van der Waals surface area contributed by atoms with E-state index >= 15 is 0 Å². The Labute approximate surface area is 226 Å². The summed E-state index contributed by atoms with van der Waals surface area (Å²) in [5, 5.41) is 6.23. The highest BCUT2D eigenvalue weighted by Crippen LogP contribution is 2.25. The molecule has 0 aliphatic carbocycles. The minimum Gasteiger partial charge on any atom is -0.379 e. The van der Waals surface area contributed by atoms with Gasteiger partial charge in [0.15, 0.2) is 0 Å². The summed E-state index contributed by atoms with van der Waals surface area (Å²) >= 11 is 0. The van der Waals surface area contributed by atoms with Crippen LogP contribution in [0.15, 0.2) is 24.3 Å². The number of hydrogen-bond acceptors (Lipinski definition) is 5. The third-order valence-electron chi connectivity index (χ3n) is 8.08. The predicted octanol–water partition coefficient (Wildman–Crippen LogP) is 2.08. The van der Waals surface area contributed by atoms with Crippen molar-refractivity contribution >= 4 is 12.1 Å². The molecule has 4 amide bonds. The van der Waals surface area contributed by atoms with E-state index in [1.54, 1.807) is 31.1 Å². The predicted molar refractivity (Wildman–Crippen MR) is 146 cm³/mol. The van der Waals surface area contributed by atoms with Crippen LogP contribution in [0.1, 0.15) is 24.8 Å². The molecule has 9 nitrogen and oxygen atoms in total. The van der Waals surface area contributed by atoms with Gasteiger partial charge in [0.1, 0.15) is 5.82 Å². The minimum atomic E-state index is -0.193. The fourth-order valence-corrected chi connectivity index (χ4v) is 5.98. The summed E-state index contributed by atoms with van der Waals surface area (Å²) in [7, 11) is 3.54. The van der Waals surface area contributed by atoms with Crippen molar-refractivity contribution in [1.29, 1.82) is 0 Å². The van der Waals surface area contributed by atoms with Crippen molar-refractivity contribution in [3.05, 3.63) is 35.6 Å². The molecule has 212 valence electrons. The van der Waals surface area contributed by atoms with E-state index in [2.05, 4.69) is 20.4 Å². The van der Waals surface area contributed by atoms with E-state index < -0.39 is 0 Å². The molecule has 3 atom stereocenters. The molecule has 38 heavy (non-hydrogen) atoms. The number of nitrogens with one attached hydrogen (secondary N) is 2. The Morgan fingerprint density at radius 2 is 1.79 bits per heavy atom. The van der Waals surface area contributed by atoms with Crippen molar-refractivity contribution in [2.45, 2.75) is 31.7 Å². The topological polar surface area (TPSA) is 80.4 Å². The molecule has 0 bridgehead atoms. The number of hydrogen-bond donors (Lipinski definition) is 2. The molecule has 0 spiro atoms. The van der Waals surface area contributed by atoms with Crippen LogP contribution in [0.2, 0.25) is 0 Å². The van der Waals surface area contributed by atoms with Crippen LogP contribution in [-0.2, 0) is 11.2 Å². The molecule has 2 N–H and O–H groups in total. The number of rotatable bonds is 8. The van der Waals surface area contributed by atoms with E-state index in [4.69, 9.17) is 4.74 Å². The minimum absolute atomic E-state index is 0.0136. The van der Waals surface area contributed by atoms with Gasteiger partial charge in [0.25, 0.3) is 0 Å². The SMILES string of the molecule is CN(C)C(=O)N1CC[C@@H](CN2CCC[C@@H](Cc3ccc(F)cc3)C2)[C@@H](NC(=O)NCCN2CCOCC2)C1. The maximum Gasteiger partial charge on any atom is 0.319 e. The Balaban J connectivity index is 1.31. The smallest absolute Gasteiger partial charge is 0.319 e. The average molecular weight is 533 g/mol. The van der Waals surface area contributed by atoms with Gasteiger partial charge in [0.2, 0.25) is 0 Å². The molecule has 0 aromatic heterocycles. The van der Waals surface area contributed by atoms with Gasteiger partial charge in [-0.15, -0.1) is 0 Å². The Morgan fingerprint density at radius 3 is 2.53 bits per heavy atom. The standard InChI is InChI=1S/C28H45FN6O3/c1-32(2)28(37)35-12-9-24(26(21-35)31-27(36)30-10-13-33-14-16-38-17-15-33)20-34-11-3-4-23(19-34)18-22-5-7-25(29)8-6-22/h5-8,23-24,26H,3-4,9-21H2,1-2H3,(H2,30,31,36)/t23-,24-,26-/m0/s1. The summed E-state index contributed by atoms with van der Waals surface area (Å²) in [6.45, 7) is 8.85. The zero-order chi connectivity index (χ0) is 26.9. The van der Waals surface area contributed by atoms with Gasteiger partial charge >= 0.3 is 12.1 Å². The Bertz CT molecular complexity index is 895. The summed E-state index contributed by atoms with van der Waals surface area (Å²) in [6, 6.07) is 6.59. The van der Waals surface area contributed by atoms with Crippen molar-refractivity contribution in [3.63, 3.8) is 0 Å². The second-order valence-electron chi connectivity index (χ2n) is 11.2. The van der Waals surface area contributed by atoms with Crippen LogP contribution in [0.3, 0.4) is 0 Å². The number of halogens is 1. The first-order chi connectivity index (χ1) is 18.4. The molecule has 0 saturated carbocycles. The van der Waals surface area contributed by atoms with E-state index in [0.717, 1.165) is 71.7 Å². The van der Waals surface area contributed by atoms with E-state index in [9.17, 15) is 14.0 Å². The fourth-order valence-electron chi connectivity index (χ4n) is 5.98. The summed E-state index contributed by atoms with van der Waals surface area (Å²) in [5.41, 5.74) is 1.18. The first-order valence-corrected chi connectivity index (χ1v) is 14.1. The van der Waals surface area contributed by atoms with Crippen LogP contribution in [0.5, 0.6) is 0 Å². The van der Waals surface area contributed by atoms with E-state index in [1.165, 1.54) is 12.0 Å². The van der Waals surface area contributed by atoms with Crippen LogP contribution in [0.25, 0.3) is 0 Å². The van der Waals surface area contributed by atoms with Crippen molar-refractivity contribution in [2.75, 3.05) is 86.2 Å². The lowest BCUT2D eigenvalue weighted by molar-refractivity contribution is 0.0386. The van der Waals surface area contributed by atoms with Crippen LogP contribution in [0.4, 0.5) is 14.0 Å². The van der Waals surface area contributed by atoms with Crippen molar-refractivity contribution in [2.24, 2.45) is 11.8 Å². The van der Waals surface area contributed by atoms with Gasteiger partial charge in [-0.1, -0.05) is 12.1 Å². The highest BCUT2D eigenvalue weighted by Gasteiger charge is 2.35. The molecule has 3 heterocycles. The molecule has 3 aliphatic heterocycles. The van der Waals surface area contributed by atoms with Gasteiger partial charge in [-0.05, 0) is 61.8 Å². The monoisotopic (exact) mass is 532 g/mol. The zero-order valence-electron chi connectivity index (χ0n) is 23.0. The summed E-state index contributed by atoms with van der Waals surface area (Å²) < 4.78 is 18.7. The molecule has 1 aromatic rings. The maximum atomic E-state index is 13.3. The molecular formula is C28H45FN6O3. The maximum absolute atomic E-state index is 13.3. The van der Waals surface area contributed by atoms with Crippen LogP contribution >= 0.6 is 0 Å². The number of piperidine rings is 2. The second-order valence-corrected chi connectivity index (χ2v) is 11.2. The number of likely N-dealkylation sites (tertiary alicyclic amines) is 2. The molecular weight excluding hydrogens is 487 g/mol. The number of nitrogens with zero attached hydrogens (tertiary/aromatic N) is 4. The van der Waals surface area contributed by atoms with E-state index in [-0.39, 0.29) is 29.8 Å². The first kappa shape index (κ1) is 28.6. The Kier molecular flexibility index (Phi) is 10.6. The molecule has 10 heteroatoms. The van der Waals surface area contributed by atoms with Gasteiger partial charge in [0, 0.05) is 66.5 Å². The number of benzene rings is 1. The molecule has 4 rings (SSSR count). The van der Waals surface area contributed by atoms with Gasteiger partial charge < -0.3 is 30.1 Å². The summed E-state index contributed by atoms with van der Waals surface area (Å²) in [4.78, 5) is 33.8. The van der Waals surface area contributed by atoms with E-state index in [0.29, 0.717) is 25.6 Å². The lowest BCUT2D eigenvalue weighted by Crippen LogP contribution is -2.59. The van der Waals surface area contributed by atoms with Crippen LogP contribution < -0.4 is 10.6 Å². The number of ether oxygens (including phenoxy) is 1. The molecule has 0 radical (unpaired) electrons. The van der Waals surface area contributed by atoms with Crippen molar-refractivity contribution in [1.82, 2.24) is 30.2 Å².